The molecule has 6 nitrogen and oxygen atoms in total. The van der Waals surface area contributed by atoms with E-state index in [9.17, 15) is 9.00 Å². The molecule has 170 valence electrons. The molecule has 0 bridgehead atoms. The van der Waals surface area contributed by atoms with Gasteiger partial charge in [-0.15, -0.1) is 17.8 Å². The van der Waals surface area contributed by atoms with Gasteiger partial charge in [0.25, 0.3) is 0 Å². The molecule has 8 heteroatoms. The van der Waals surface area contributed by atoms with Gasteiger partial charge in [-0.3, -0.25) is 15.6 Å². The molecule has 30 heavy (non-hydrogen) atoms. The molecule has 0 aliphatic carbocycles. The van der Waals surface area contributed by atoms with E-state index >= 15 is 0 Å². The minimum atomic E-state index is -1.08. The Hall–Kier alpha value is -1.85. The second-order valence-corrected chi connectivity index (χ2v) is 7.15. The van der Waals surface area contributed by atoms with Crippen LogP contribution in [0.5, 0.6) is 0 Å². The summed E-state index contributed by atoms with van der Waals surface area (Å²) in [6.07, 6.45) is 3.28. The van der Waals surface area contributed by atoms with Crippen LogP contribution in [0, 0.1) is 6.58 Å². The number of hydrogen-bond donors (Lipinski definition) is 1. The number of amides is 1. The van der Waals surface area contributed by atoms with E-state index < -0.39 is 16.8 Å². The summed E-state index contributed by atoms with van der Waals surface area (Å²) in [5.74, 6) is -1.24. The molecular weight excluding hydrogens is 497 g/mol. The van der Waals surface area contributed by atoms with Gasteiger partial charge in [-0.05, 0) is 31.5 Å². The molecule has 0 aromatic heterocycles. The quantitative estimate of drug-likeness (QED) is 0.487. The fraction of sp³-hybridized carbons (Fsp3) is 0.364. The summed E-state index contributed by atoms with van der Waals surface area (Å²) < 4.78 is 14.4. The molecule has 0 saturated heterocycles. The predicted molar refractivity (Wildman–Crippen MR) is 118 cm³/mol. The van der Waals surface area contributed by atoms with Crippen molar-refractivity contribution >= 4 is 39.1 Å². The third-order valence-corrected chi connectivity index (χ3v) is 2.78. The van der Waals surface area contributed by atoms with E-state index in [0.29, 0.717) is 5.70 Å². The molecule has 0 heterocycles. The molecular formula is C22H31NO5PdS. The molecule has 0 aliphatic rings. The second-order valence-electron chi connectivity index (χ2n) is 5.67. The molecule has 0 saturated carbocycles. The number of carboxylic acids is 1. The molecule has 2 rings (SSSR count). The van der Waals surface area contributed by atoms with Gasteiger partial charge in [-0.2, -0.15) is 5.56 Å². The average molecular weight is 528 g/mol. The van der Waals surface area contributed by atoms with Crippen LogP contribution in [0.15, 0.2) is 42.5 Å². The van der Waals surface area contributed by atoms with E-state index in [0.717, 1.165) is 36.5 Å². The Morgan fingerprint density at radius 3 is 1.83 bits per heavy atom. The zero-order valence-electron chi connectivity index (χ0n) is 18.3. The minimum Gasteiger partial charge on any atom is -0.550 e. The molecule has 1 N–H and O–H groups in total. The van der Waals surface area contributed by atoms with Gasteiger partial charge in [0.15, 0.2) is 0 Å². The van der Waals surface area contributed by atoms with Crippen LogP contribution in [0.25, 0.3) is 16.5 Å². The molecule has 2 aromatic carbocycles. The maximum atomic E-state index is 10.9. The number of carbonyl (C=O) groups excluding carboxylic acids is 2. The Morgan fingerprint density at radius 1 is 1.03 bits per heavy atom. The van der Waals surface area contributed by atoms with Crippen LogP contribution in [-0.4, -0.2) is 41.8 Å². The number of aliphatic carboxylic acids is 1. The van der Waals surface area contributed by atoms with Crippen LogP contribution in [-0.2, 0) is 45.5 Å². The second kappa shape index (κ2) is 20.4. The number of rotatable bonds is 4. The van der Waals surface area contributed by atoms with Crippen LogP contribution in [0.1, 0.15) is 33.3 Å². The monoisotopic (exact) mass is 527 g/mol. The fourth-order valence-corrected chi connectivity index (χ4v) is 1.82. The third-order valence-electron chi connectivity index (χ3n) is 2.78. The Labute approximate surface area is 196 Å². The van der Waals surface area contributed by atoms with Crippen molar-refractivity contribution in [2.45, 2.75) is 27.7 Å². The summed E-state index contributed by atoms with van der Waals surface area (Å²) in [5.41, 5.74) is 1.21. The Kier molecular flexibility index (Phi) is 22.3. The number of fused-ring (bicyclic) bond motifs is 1. The zero-order valence-corrected chi connectivity index (χ0v) is 20.7. The van der Waals surface area contributed by atoms with Crippen molar-refractivity contribution < 1.29 is 44.1 Å². The van der Waals surface area contributed by atoms with E-state index in [2.05, 4.69) is 5.32 Å². The van der Waals surface area contributed by atoms with Gasteiger partial charge >= 0.3 is 20.4 Å². The predicted octanol–water partition coefficient (Wildman–Crippen LogP) is 2.54. The SMILES string of the molecule is CC(=O)[O-].CCOCC.CS(C)=O.[CH-]=C(NC(C)=O)c1ccc2ccccc2c1.[Pd+2]. The smallest absolute Gasteiger partial charge is 0.550 e. The molecule has 0 unspecified atom stereocenters. The van der Waals surface area contributed by atoms with Gasteiger partial charge in [0.05, 0.1) is 0 Å². The summed E-state index contributed by atoms with van der Waals surface area (Å²) in [4.78, 5) is 19.8. The first kappa shape index (κ1) is 32.8. The standard InChI is InChI=1S/C14H12NO.C4H10O.C2H4O2.C2H6OS.Pd/c1-10(15-11(2)16)13-8-7-12-5-3-4-6-14(12)9-13;1-3-5-4-2;1-2(3)4;1-4(2)3;/h1,3-9H,2H3,(H,15,16);3-4H2,1-2H3;1H3,(H,3,4);1-2H3;/q-1;;;;+2/p-1. The molecule has 1 amide bonds. The maximum absolute atomic E-state index is 10.9. The average Bonchev–Trinajstić information content (AvgIpc) is 2.61. The van der Waals surface area contributed by atoms with E-state index in [1.165, 1.54) is 6.92 Å². The molecule has 0 radical (unpaired) electrons. The number of hydrogen-bond acceptors (Lipinski definition) is 5. The van der Waals surface area contributed by atoms with Crippen LogP contribution in [0.4, 0.5) is 0 Å². The molecule has 0 fully saturated rings. The van der Waals surface area contributed by atoms with Crippen molar-refractivity contribution in [3.63, 3.8) is 0 Å². The summed E-state index contributed by atoms with van der Waals surface area (Å²) in [6.45, 7) is 13.8. The van der Waals surface area contributed by atoms with Crippen molar-refractivity contribution in [1.29, 1.82) is 0 Å². The third kappa shape index (κ3) is 20.9. The number of ether oxygens (including phenoxy) is 1. The Balaban J connectivity index is -0.000000433. The Morgan fingerprint density at radius 2 is 1.47 bits per heavy atom. The van der Waals surface area contributed by atoms with Gasteiger partial charge in [0.2, 0.25) is 5.91 Å². The molecule has 2 aromatic rings. The van der Waals surface area contributed by atoms with Crippen molar-refractivity contribution in [2.75, 3.05) is 25.7 Å². The summed E-state index contributed by atoms with van der Waals surface area (Å²) in [5, 5.41) is 13.7. The topological polar surface area (TPSA) is 95.5 Å². The summed E-state index contributed by atoms with van der Waals surface area (Å²) in [6, 6.07) is 13.9. The first-order valence-electron chi connectivity index (χ1n) is 8.94. The first-order valence-corrected chi connectivity index (χ1v) is 10.9. The molecule has 0 aliphatic heterocycles. The molecule has 0 spiro atoms. The number of benzene rings is 2. The van der Waals surface area contributed by atoms with E-state index in [1.807, 2.05) is 56.3 Å². The minimum absolute atomic E-state index is 0. The maximum Gasteiger partial charge on any atom is 2.00 e. The van der Waals surface area contributed by atoms with E-state index in [4.69, 9.17) is 21.2 Å². The van der Waals surface area contributed by atoms with Gasteiger partial charge in [-0.25, -0.2) is 0 Å². The largest absolute Gasteiger partial charge is 2.00 e. The number of nitrogens with one attached hydrogen (secondary N) is 1. The summed E-state index contributed by atoms with van der Waals surface area (Å²) in [7, 11) is -0.611. The summed E-state index contributed by atoms with van der Waals surface area (Å²) >= 11 is 0. The van der Waals surface area contributed by atoms with E-state index in [-0.39, 0.29) is 26.3 Å². The molecule has 0 atom stereocenters. The van der Waals surface area contributed by atoms with E-state index in [1.54, 1.807) is 12.5 Å². The van der Waals surface area contributed by atoms with Gasteiger partial charge in [-0.1, -0.05) is 30.3 Å². The van der Waals surface area contributed by atoms with Crippen molar-refractivity contribution in [2.24, 2.45) is 0 Å². The van der Waals surface area contributed by atoms with Crippen LogP contribution in [0.2, 0.25) is 0 Å². The number of carbonyl (C=O) groups is 2. The number of carboxylic acid groups (broad SMARTS) is 1. The van der Waals surface area contributed by atoms with Crippen LogP contribution in [0.3, 0.4) is 0 Å². The van der Waals surface area contributed by atoms with Crippen molar-refractivity contribution in [3.05, 3.63) is 54.6 Å². The van der Waals surface area contributed by atoms with Gasteiger partial charge in [0, 0.05) is 49.4 Å². The fourth-order valence-electron chi connectivity index (χ4n) is 1.82. The van der Waals surface area contributed by atoms with Crippen LogP contribution < -0.4 is 10.4 Å². The zero-order chi connectivity index (χ0) is 22.8. The van der Waals surface area contributed by atoms with Crippen LogP contribution >= 0.6 is 0 Å². The van der Waals surface area contributed by atoms with Crippen molar-refractivity contribution in [3.8, 4) is 0 Å². The Bertz CT molecular complexity index is 774. The van der Waals surface area contributed by atoms with Gasteiger partial charge < -0.3 is 20.0 Å². The van der Waals surface area contributed by atoms with Gasteiger partial charge in [0.1, 0.15) is 0 Å². The normalized spacial score (nSPS) is 8.77. The first-order chi connectivity index (χ1) is 13.5. The van der Waals surface area contributed by atoms with Crippen molar-refractivity contribution in [1.82, 2.24) is 5.32 Å².